The summed E-state index contributed by atoms with van der Waals surface area (Å²) in [5.41, 5.74) is -0.597. The van der Waals surface area contributed by atoms with E-state index in [2.05, 4.69) is 58.2 Å². The number of carbonyl (C=O) groups excluding carboxylic acids is 1. The van der Waals surface area contributed by atoms with Crippen LogP contribution in [0.5, 0.6) is 5.88 Å². The first-order valence-corrected chi connectivity index (χ1v) is 13.9. The molecule has 3 aromatic heterocycles. The molecule has 0 spiro atoms. The normalized spacial score (nSPS) is 11.8. The zero-order valence-corrected chi connectivity index (χ0v) is 24.2. The van der Waals surface area contributed by atoms with Crippen LogP contribution < -0.4 is 15.4 Å². The summed E-state index contributed by atoms with van der Waals surface area (Å²) in [6.07, 6.45) is -1.49. The first-order chi connectivity index (χ1) is 19.3. The van der Waals surface area contributed by atoms with Crippen LogP contribution in [0.25, 0.3) is 21.7 Å². The molecule has 3 N–H and O–H groups in total. The summed E-state index contributed by atoms with van der Waals surface area (Å²) in [5.74, 6) is -1.10. The Morgan fingerprint density at radius 3 is 2.37 bits per heavy atom. The maximum Gasteiger partial charge on any atom is 0.434 e. The number of carbonyl (C=O) groups is 2. The molecule has 41 heavy (non-hydrogen) atoms. The Morgan fingerprint density at radius 1 is 1.07 bits per heavy atom. The number of ether oxygens (including phenoxy) is 1. The van der Waals surface area contributed by atoms with Gasteiger partial charge in [-0.3, -0.25) is 10.2 Å². The van der Waals surface area contributed by atoms with Crippen molar-refractivity contribution in [1.82, 2.24) is 25.2 Å². The number of nitrogens with one attached hydrogen (secondary N) is 2. The molecular formula is C27H33F3N6O4S. The molecule has 0 bridgehead atoms. The molecule has 2 amide bonds. The number of amides is 2. The standard InChI is InChI=1S/C27H33F3N6O4S/c1-6-7-31-26(39)35-22-11-19(24-34-21(14-41-24)27(28,29)30)20(13-32-22)18-10-17(25(37)38)12-33-23(18)40-9-8-36(15(2)3)16(4)5/h10-16H,6-9H2,1-5H3,(H,37,38)(H2,31,32,35,39). The molecule has 0 radical (unpaired) electrons. The molecule has 0 saturated heterocycles. The lowest BCUT2D eigenvalue weighted by atomic mass is 10.0. The van der Waals surface area contributed by atoms with E-state index < -0.39 is 23.9 Å². The number of hydrogen-bond donors (Lipinski definition) is 3. The van der Waals surface area contributed by atoms with Crippen LogP contribution in [0, 0.1) is 0 Å². The third kappa shape index (κ3) is 8.36. The number of pyridine rings is 2. The van der Waals surface area contributed by atoms with Crippen LogP contribution in [0.15, 0.2) is 29.9 Å². The number of rotatable bonds is 12. The van der Waals surface area contributed by atoms with E-state index in [4.69, 9.17) is 4.74 Å². The summed E-state index contributed by atoms with van der Waals surface area (Å²) >= 11 is 0.753. The van der Waals surface area contributed by atoms with Crippen LogP contribution in [0.4, 0.5) is 23.8 Å². The molecule has 0 aliphatic heterocycles. The molecule has 0 aliphatic rings. The lowest BCUT2D eigenvalue weighted by molar-refractivity contribution is -0.140. The average molecular weight is 595 g/mol. The molecule has 0 atom stereocenters. The van der Waals surface area contributed by atoms with E-state index in [1.54, 1.807) is 0 Å². The number of thiazole rings is 1. The van der Waals surface area contributed by atoms with Crippen LogP contribution in [0.2, 0.25) is 0 Å². The van der Waals surface area contributed by atoms with Crippen molar-refractivity contribution in [2.24, 2.45) is 0 Å². The Labute approximate surface area is 240 Å². The fraction of sp³-hybridized carbons (Fsp3) is 0.444. The highest BCUT2D eigenvalue weighted by Gasteiger charge is 2.34. The number of carboxylic acid groups (broad SMARTS) is 1. The van der Waals surface area contributed by atoms with Gasteiger partial charge in [-0.15, -0.1) is 11.3 Å². The maximum atomic E-state index is 13.4. The van der Waals surface area contributed by atoms with Gasteiger partial charge in [0.2, 0.25) is 5.88 Å². The average Bonchev–Trinajstić information content (AvgIpc) is 3.40. The number of anilines is 1. The van der Waals surface area contributed by atoms with Crippen molar-refractivity contribution in [3.05, 3.63) is 41.2 Å². The predicted octanol–water partition coefficient (Wildman–Crippen LogP) is 6.01. The monoisotopic (exact) mass is 594 g/mol. The lowest BCUT2D eigenvalue weighted by Gasteiger charge is -2.30. The van der Waals surface area contributed by atoms with Crippen LogP contribution in [0.1, 0.15) is 57.1 Å². The summed E-state index contributed by atoms with van der Waals surface area (Å²) in [6.45, 7) is 11.3. The second-order valence-electron chi connectivity index (χ2n) is 9.69. The molecule has 0 unspecified atom stereocenters. The highest BCUT2D eigenvalue weighted by atomic mass is 32.1. The topological polar surface area (TPSA) is 130 Å². The van der Waals surface area contributed by atoms with Crippen molar-refractivity contribution < 1.29 is 32.6 Å². The maximum absolute atomic E-state index is 13.4. The molecule has 0 aromatic carbocycles. The molecule has 3 heterocycles. The number of nitrogens with zero attached hydrogens (tertiary/aromatic N) is 4. The lowest BCUT2D eigenvalue weighted by Crippen LogP contribution is -2.39. The molecule has 0 aliphatic carbocycles. The zero-order chi connectivity index (χ0) is 30.3. The first-order valence-electron chi connectivity index (χ1n) is 13.0. The Balaban J connectivity index is 2.10. The first kappa shape index (κ1) is 31.7. The fourth-order valence-corrected chi connectivity index (χ4v) is 4.94. The van der Waals surface area contributed by atoms with E-state index in [-0.39, 0.29) is 57.6 Å². The van der Waals surface area contributed by atoms with Crippen molar-refractivity contribution in [3.63, 3.8) is 0 Å². The minimum Gasteiger partial charge on any atom is -0.478 e. The van der Waals surface area contributed by atoms with E-state index in [9.17, 15) is 27.9 Å². The minimum atomic E-state index is -4.67. The SMILES string of the molecule is CCCNC(=O)Nc1cc(-c2nc(C(F)(F)F)cs2)c(-c2cc(C(=O)O)cnc2OCCN(C(C)C)C(C)C)cn1. The number of carboxylic acids is 1. The highest BCUT2D eigenvalue weighted by Crippen LogP contribution is 2.40. The number of halogens is 3. The van der Waals surface area contributed by atoms with Crippen LogP contribution in [-0.4, -0.2) is 68.7 Å². The quantitative estimate of drug-likeness (QED) is 0.232. The Morgan fingerprint density at radius 2 is 1.78 bits per heavy atom. The van der Waals surface area contributed by atoms with Gasteiger partial charge in [-0.25, -0.2) is 24.5 Å². The van der Waals surface area contributed by atoms with Crippen molar-refractivity contribution in [2.45, 2.75) is 59.3 Å². The highest BCUT2D eigenvalue weighted by molar-refractivity contribution is 7.13. The number of aromatic carboxylic acids is 1. The third-order valence-corrected chi connectivity index (χ3v) is 6.88. The van der Waals surface area contributed by atoms with Crippen molar-refractivity contribution in [2.75, 3.05) is 25.0 Å². The van der Waals surface area contributed by atoms with Crippen molar-refractivity contribution >= 4 is 29.2 Å². The summed E-state index contributed by atoms with van der Waals surface area (Å²) in [7, 11) is 0. The van der Waals surface area contributed by atoms with E-state index in [0.29, 0.717) is 19.5 Å². The molecule has 0 fully saturated rings. The number of aromatic nitrogens is 3. The van der Waals surface area contributed by atoms with Gasteiger partial charge in [0.15, 0.2) is 5.69 Å². The van der Waals surface area contributed by atoms with Crippen molar-refractivity contribution in [3.8, 4) is 27.6 Å². The van der Waals surface area contributed by atoms with Gasteiger partial charge in [-0.1, -0.05) is 6.92 Å². The van der Waals surface area contributed by atoms with Crippen molar-refractivity contribution in [1.29, 1.82) is 0 Å². The van der Waals surface area contributed by atoms with E-state index >= 15 is 0 Å². The number of hydrogen-bond acceptors (Lipinski definition) is 8. The van der Waals surface area contributed by atoms with Crippen LogP contribution in [0.3, 0.4) is 0 Å². The van der Waals surface area contributed by atoms with E-state index in [0.717, 1.165) is 22.9 Å². The summed E-state index contributed by atoms with van der Waals surface area (Å²) < 4.78 is 46.2. The van der Waals surface area contributed by atoms with Crippen LogP contribution >= 0.6 is 11.3 Å². The minimum absolute atomic E-state index is 0.00999. The second-order valence-corrected chi connectivity index (χ2v) is 10.5. The molecule has 0 saturated carbocycles. The largest absolute Gasteiger partial charge is 0.478 e. The Kier molecular flexibility index (Phi) is 10.6. The molecule has 222 valence electrons. The molecular weight excluding hydrogens is 561 g/mol. The smallest absolute Gasteiger partial charge is 0.434 e. The third-order valence-electron chi connectivity index (χ3n) is 6.01. The van der Waals surface area contributed by atoms with Gasteiger partial charge in [0, 0.05) is 59.6 Å². The summed E-state index contributed by atoms with van der Waals surface area (Å²) in [4.78, 5) is 38.5. The van der Waals surface area contributed by atoms with Gasteiger partial charge < -0.3 is 15.2 Å². The van der Waals surface area contributed by atoms with Crippen LogP contribution in [-0.2, 0) is 6.18 Å². The predicted molar refractivity (Wildman–Crippen MR) is 150 cm³/mol. The van der Waals surface area contributed by atoms with Gasteiger partial charge in [0.05, 0.1) is 5.56 Å². The second kappa shape index (κ2) is 13.7. The van der Waals surface area contributed by atoms with Gasteiger partial charge in [0.1, 0.15) is 17.4 Å². The molecule has 10 nitrogen and oxygen atoms in total. The molecule has 14 heteroatoms. The fourth-order valence-electron chi connectivity index (χ4n) is 4.08. The number of urea groups is 1. The van der Waals surface area contributed by atoms with E-state index in [1.807, 2.05) is 6.92 Å². The molecule has 3 rings (SSSR count). The van der Waals surface area contributed by atoms with Gasteiger partial charge in [0.25, 0.3) is 0 Å². The number of alkyl halides is 3. The summed E-state index contributed by atoms with van der Waals surface area (Å²) in [6, 6.07) is 2.67. The van der Waals surface area contributed by atoms with Gasteiger partial charge in [-0.2, -0.15) is 13.2 Å². The van der Waals surface area contributed by atoms with Gasteiger partial charge in [-0.05, 0) is 46.2 Å². The van der Waals surface area contributed by atoms with Gasteiger partial charge >= 0.3 is 18.2 Å². The Hall–Kier alpha value is -3.78. The zero-order valence-electron chi connectivity index (χ0n) is 23.4. The summed E-state index contributed by atoms with van der Waals surface area (Å²) in [5, 5.41) is 15.7. The van der Waals surface area contributed by atoms with E-state index in [1.165, 1.54) is 18.3 Å². The Bertz CT molecular complexity index is 1360. The molecule has 3 aromatic rings.